The Labute approximate surface area is 164 Å². The molecule has 6 nitrogen and oxygen atoms in total. The third-order valence-corrected chi connectivity index (χ3v) is 4.60. The van der Waals surface area contributed by atoms with Crippen LogP contribution in [0.3, 0.4) is 0 Å². The molecule has 3 rings (SSSR count). The standard InChI is InChI=1S/C22H25N3O3/c1-14-5-6-15(2)20(9-14)22(26)23-21-12-17(24-25-21)8-7-16-10-18(27-3)13-19(11-16)28-4/h5-6,9-13H,7-8H2,1-4H3,(H2,23,24,25,26). The molecular weight excluding hydrogens is 354 g/mol. The topological polar surface area (TPSA) is 76.2 Å². The maximum Gasteiger partial charge on any atom is 0.257 e. The van der Waals surface area contributed by atoms with Crippen LogP contribution in [0.15, 0.2) is 42.5 Å². The Morgan fingerprint density at radius 3 is 2.39 bits per heavy atom. The van der Waals surface area contributed by atoms with E-state index in [0.29, 0.717) is 11.4 Å². The minimum atomic E-state index is -0.156. The third-order valence-electron chi connectivity index (χ3n) is 4.60. The molecule has 6 heteroatoms. The van der Waals surface area contributed by atoms with Gasteiger partial charge in [-0.15, -0.1) is 0 Å². The van der Waals surface area contributed by atoms with Crippen LogP contribution < -0.4 is 14.8 Å². The summed E-state index contributed by atoms with van der Waals surface area (Å²) in [5.74, 6) is 1.89. The van der Waals surface area contributed by atoms with Gasteiger partial charge in [0.05, 0.1) is 14.2 Å². The molecule has 3 aromatic rings. The van der Waals surface area contributed by atoms with E-state index in [1.807, 2.05) is 56.3 Å². The fraction of sp³-hybridized carbons (Fsp3) is 0.273. The number of benzene rings is 2. The molecule has 0 fully saturated rings. The van der Waals surface area contributed by atoms with Gasteiger partial charge in [-0.2, -0.15) is 5.10 Å². The van der Waals surface area contributed by atoms with E-state index in [9.17, 15) is 4.79 Å². The van der Waals surface area contributed by atoms with Gasteiger partial charge < -0.3 is 14.8 Å². The number of nitrogens with one attached hydrogen (secondary N) is 2. The number of H-pyrrole nitrogens is 1. The fourth-order valence-electron chi connectivity index (χ4n) is 3.01. The molecule has 0 spiro atoms. The van der Waals surface area contributed by atoms with E-state index < -0.39 is 0 Å². The molecule has 2 aromatic carbocycles. The number of anilines is 1. The van der Waals surface area contributed by atoms with Gasteiger partial charge in [-0.05, 0) is 56.0 Å². The van der Waals surface area contributed by atoms with Crippen LogP contribution in [0, 0.1) is 13.8 Å². The lowest BCUT2D eigenvalue weighted by Crippen LogP contribution is -2.13. The second kappa shape index (κ2) is 8.61. The number of ether oxygens (including phenoxy) is 2. The Morgan fingerprint density at radius 1 is 1.00 bits per heavy atom. The van der Waals surface area contributed by atoms with E-state index in [0.717, 1.165) is 46.7 Å². The van der Waals surface area contributed by atoms with Gasteiger partial charge in [0.1, 0.15) is 11.5 Å². The SMILES string of the molecule is COc1cc(CCc2cc(NC(=O)c3cc(C)ccc3C)n[nH]2)cc(OC)c1. The fourth-order valence-corrected chi connectivity index (χ4v) is 3.01. The van der Waals surface area contributed by atoms with Crippen LogP contribution in [-0.2, 0) is 12.8 Å². The number of aromatic nitrogens is 2. The Balaban J connectivity index is 1.64. The summed E-state index contributed by atoms with van der Waals surface area (Å²) < 4.78 is 10.6. The summed E-state index contributed by atoms with van der Waals surface area (Å²) in [6.45, 7) is 3.89. The number of carbonyl (C=O) groups is 1. The maximum absolute atomic E-state index is 12.5. The Bertz CT molecular complexity index is 957. The second-order valence-electron chi connectivity index (χ2n) is 6.77. The van der Waals surface area contributed by atoms with Crippen LogP contribution in [0.4, 0.5) is 5.82 Å². The first-order chi connectivity index (χ1) is 13.5. The smallest absolute Gasteiger partial charge is 0.257 e. The van der Waals surface area contributed by atoms with Crippen LogP contribution in [0.1, 0.15) is 32.7 Å². The number of aryl methyl sites for hydroxylation is 4. The zero-order chi connectivity index (χ0) is 20.1. The number of methoxy groups -OCH3 is 2. The van der Waals surface area contributed by atoms with Crippen molar-refractivity contribution in [1.29, 1.82) is 0 Å². The number of carbonyl (C=O) groups excluding carboxylic acids is 1. The average Bonchev–Trinajstić information content (AvgIpc) is 3.15. The van der Waals surface area contributed by atoms with Crippen LogP contribution in [0.2, 0.25) is 0 Å². The molecule has 28 heavy (non-hydrogen) atoms. The molecule has 1 heterocycles. The zero-order valence-corrected chi connectivity index (χ0v) is 16.6. The maximum atomic E-state index is 12.5. The lowest BCUT2D eigenvalue weighted by Gasteiger charge is -2.08. The molecule has 0 saturated carbocycles. The molecule has 1 amide bonds. The molecule has 0 aliphatic carbocycles. The Kier molecular flexibility index (Phi) is 5.99. The molecule has 0 bridgehead atoms. The van der Waals surface area contributed by atoms with Crippen molar-refractivity contribution in [2.24, 2.45) is 0 Å². The number of hydrogen-bond donors (Lipinski definition) is 2. The number of aromatic amines is 1. The second-order valence-corrected chi connectivity index (χ2v) is 6.77. The van der Waals surface area contributed by atoms with E-state index in [1.165, 1.54) is 0 Å². The van der Waals surface area contributed by atoms with Crippen molar-refractivity contribution in [3.05, 3.63) is 70.4 Å². The normalized spacial score (nSPS) is 10.6. The highest BCUT2D eigenvalue weighted by Gasteiger charge is 2.12. The quantitative estimate of drug-likeness (QED) is 0.648. The van der Waals surface area contributed by atoms with Crippen molar-refractivity contribution < 1.29 is 14.3 Å². The van der Waals surface area contributed by atoms with Gasteiger partial charge in [-0.3, -0.25) is 9.89 Å². The minimum Gasteiger partial charge on any atom is -0.497 e. The highest BCUT2D eigenvalue weighted by Crippen LogP contribution is 2.23. The van der Waals surface area contributed by atoms with Crippen molar-refractivity contribution in [3.8, 4) is 11.5 Å². The van der Waals surface area contributed by atoms with Gasteiger partial charge in [0, 0.05) is 23.4 Å². The van der Waals surface area contributed by atoms with Crippen molar-refractivity contribution in [2.75, 3.05) is 19.5 Å². The summed E-state index contributed by atoms with van der Waals surface area (Å²) >= 11 is 0. The predicted molar refractivity (Wildman–Crippen MR) is 109 cm³/mol. The van der Waals surface area contributed by atoms with Gasteiger partial charge in [-0.25, -0.2) is 0 Å². The van der Waals surface area contributed by atoms with Crippen LogP contribution in [-0.4, -0.2) is 30.3 Å². The molecular formula is C22H25N3O3. The number of hydrogen-bond acceptors (Lipinski definition) is 4. The van der Waals surface area contributed by atoms with Crippen LogP contribution >= 0.6 is 0 Å². The van der Waals surface area contributed by atoms with Gasteiger partial charge in [0.2, 0.25) is 0 Å². The summed E-state index contributed by atoms with van der Waals surface area (Å²) in [4.78, 5) is 12.5. The van der Waals surface area contributed by atoms with Crippen LogP contribution in [0.5, 0.6) is 11.5 Å². The third kappa shape index (κ3) is 4.71. The summed E-state index contributed by atoms with van der Waals surface area (Å²) in [6.07, 6.45) is 1.54. The van der Waals surface area contributed by atoms with E-state index >= 15 is 0 Å². The highest BCUT2D eigenvalue weighted by molar-refractivity contribution is 6.04. The molecule has 1 aromatic heterocycles. The number of amides is 1. The van der Waals surface area contributed by atoms with Gasteiger partial charge in [0.15, 0.2) is 5.82 Å². The monoisotopic (exact) mass is 379 g/mol. The first-order valence-corrected chi connectivity index (χ1v) is 9.13. The van der Waals surface area contributed by atoms with E-state index in [1.54, 1.807) is 14.2 Å². The molecule has 0 aliphatic heterocycles. The lowest BCUT2D eigenvalue weighted by atomic mass is 10.1. The number of nitrogens with zero attached hydrogens (tertiary/aromatic N) is 1. The van der Waals surface area contributed by atoms with E-state index in [2.05, 4.69) is 15.5 Å². The molecule has 0 unspecified atom stereocenters. The van der Waals surface area contributed by atoms with Crippen molar-refractivity contribution >= 4 is 11.7 Å². The summed E-state index contributed by atoms with van der Waals surface area (Å²) in [7, 11) is 3.27. The molecule has 0 aliphatic rings. The molecule has 0 atom stereocenters. The zero-order valence-electron chi connectivity index (χ0n) is 16.6. The van der Waals surface area contributed by atoms with Crippen LogP contribution in [0.25, 0.3) is 0 Å². The minimum absolute atomic E-state index is 0.156. The Morgan fingerprint density at radius 2 is 1.71 bits per heavy atom. The predicted octanol–water partition coefficient (Wildman–Crippen LogP) is 4.08. The Hall–Kier alpha value is -3.28. The van der Waals surface area contributed by atoms with Crippen molar-refractivity contribution in [1.82, 2.24) is 10.2 Å². The average molecular weight is 379 g/mol. The first-order valence-electron chi connectivity index (χ1n) is 9.13. The van der Waals surface area contributed by atoms with E-state index in [-0.39, 0.29) is 5.91 Å². The van der Waals surface area contributed by atoms with Crippen molar-refractivity contribution in [3.63, 3.8) is 0 Å². The van der Waals surface area contributed by atoms with Gasteiger partial charge >= 0.3 is 0 Å². The molecule has 146 valence electrons. The van der Waals surface area contributed by atoms with Gasteiger partial charge in [-0.1, -0.05) is 17.7 Å². The van der Waals surface area contributed by atoms with Crippen molar-refractivity contribution in [2.45, 2.75) is 26.7 Å². The molecule has 2 N–H and O–H groups in total. The summed E-state index contributed by atoms with van der Waals surface area (Å²) in [5, 5.41) is 10.1. The van der Waals surface area contributed by atoms with E-state index in [4.69, 9.17) is 9.47 Å². The summed E-state index contributed by atoms with van der Waals surface area (Å²) in [6, 6.07) is 13.5. The lowest BCUT2D eigenvalue weighted by molar-refractivity contribution is 0.102. The molecule has 0 saturated heterocycles. The largest absolute Gasteiger partial charge is 0.497 e. The summed E-state index contributed by atoms with van der Waals surface area (Å²) in [5.41, 5.74) is 4.69. The first kappa shape index (κ1) is 19.5. The van der Waals surface area contributed by atoms with Gasteiger partial charge in [0.25, 0.3) is 5.91 Å². The molecule has 0 radical (unpaired) electrons. The number of rotatable bonds is 7. The highest BCUT2D eigenvalue weighted by atomic mass is 16.5.